The molecule has 0 aliphatic heterocycles. The summed E-state index contributed by atoms with van der Waals surface area (Å²) in [5.74, 6) is -0.858. The molecule has 6 N–H and O–H groups in total. The van der Waals surface area contributed by atoms with E-state index < -0.39 is 30.3 Å². The van der Waals surface area contributed by atoms with Gasteiger partial charge in [0.15, 0.2) is 5.75 Å². The van der Waals surface area contributed by atoms with Crippen LogP contribution in [0.4, 0.5) is 0 Å². The molecule has 0 radical (unpaired) electrons. The van der Waals surface area contributed by atoms with E-state index in [1.807, 2.05) is 13.0 Å². The van der Waals surface area contributed by atoms with E-state index in [1.54, 1.807) is 24.3 Å². The second-order valence-electron chi connectivity index (χ2n) is 11.0. The molecule has 0 amide bonds. The molecule has 0 aromatic heterocycles. The number of aliphatic hydroxyl groups is 6. The third-order valence-corrected chi connectivity index (χ3v) is 6.92. The van der Waals surface area contributed by atoms with E-state index in [0.29, 0.717) is 74.7 Å². The molecule has 0 bridgehead atoms. The van der Waals surface area contributed by atoms with Crippen molar-refractivity contribution in [1.82, 2.24) is 0 Å². The van der Waals surface area contributed by atoms with Gasteiger partial charge in [-0.2, -0.15) is 4.89 Å². The molecule has 3 unspecified atom stereocenters. The molecule has 0 aliphatic rings. The van der Waals surface area contributed by atoms with Crippen molar-refractivity contribution >= 4 is 11.9 Å². The number of aryl methyl sites for hydroxylation is 1. The first kappa shape index (κ1) is 38.1. The lowest BCUT2D eigenvalue weighted by Gasteiger charge is -2.13. The van der Waals surface area contributed by atoms with Crippen molar-refractivity contribution in [3.63, 3.8) is 0 Å². The zero-order valence-electron chi connectivity index (χ0n) is 25.9. The average Bonchev–Trinajstić information content (AvgIpc) is 3.04. The van der Waals surface area contributed by atoms with Crippen molar-refractivity contribution in [2.45, 2.75) is 83.0 Å². The number of hydrogen-bond donors (Lipinski definition) is 6. The minimum absolute atomic E-state index is 0.0966. The summed E-state index contributed by atoms with van der Waals surface area (Å²) in [5.41, 5.74) is 2.32. The Bertz CT molecular complexity index is 1100. The summed E-state index contributed by atoms with van der Waals surface area (Å²) in [7, 11) is 0. The van der Waals surface area contributed by atoms with E-state index in [9.17, 15) is 24.9 Å². The van der Waals surface area contributed by atoms with Gasteiger partial charge in [-0.25, -0.2) is 9.59 Å². The van der Waals surface area contributed by atoms with E-state index in [4.69, 9.17) is 34.6 Å². The summed E-state index contributed by atoms with van der Waals surface area (Å²) in [4.78, 5) is 36.8. The van der Waals surface area contributed by atoms with E-state index in [2.05, 4.69) is 0 Å². The molecule has 12 nitrogen and oxygen atoms in total. The van der Waals surface area contributed by atoms with Gasteiger partial charge in [0.1, 0.15) is 0 Å². The fourth-order valence-electron chi connectivity index (χ4n) is 4.38. The zero-order valence-corrected chi connectivity index (χ0v) is 25.9. The summed E-state index contributed by atoms with van der Waals surface area (Å²) in [5, 5.41) is 55.2. The maximum absolute atomic E-state index is 13.0. The molecule has 0 heterocycles. The van der Waals surface area contributed by atoms with Crippen molar-refractivity contribution in [1.29, 1.82) is 0 Å². The number of carbonyl (C=O) groups excluding carboxylic acids is 2. The smallest absolute Gasteiger partial charge is 0.338 e. The van der Waals surface area contributed by atoms with E-state index in [1.165, 1.54) is 6.07 Å². The van der Waals surface area contributed by atoms with Crippen LogP contribution in [-0.2, 0) is 14.4 Å². The van der Waals surface area contributed by atoms with E-state index in [-0.39, 0.29) is 50.8 Å². The SMILES string of the molecule is Cc1cc(OOCCCCC(O)CO)cc(-c2cc(C(=O)OCCCCC(O)CO)cc(C(=O)OCCCCC(O)CO)c2)c1. The van der Waals surface area contributed by atoms with Gasteiger partial charge < -0.3 is 45.0 Å². The lowest BCUT2D eigenvalue weighted by molar-refractivity contribution is -0.207. The molecular formula is C33H48O12. The van der Waals surface area contributed by atoms with Gasteiger partial charge in [-0.05, 0) is 112 Å². The number of hydrogen-bond acceptors (Lipinski definition) is 12. The molecule has 0 aliphatic carbocycles. The zero-order chi connectivity index (χ0) is 33.0. The molecular weight excluding hydrogens is 588 g/mol. The molecule has 0 saturated heterocycles. The summed E-state index contributed by atoms with van der Waals surface area (Å²) in [6.45, 7) is 1.39. The highest BCUT2D eigenvalue weighted by Crippen LogP contribution is 2.29. The molecule has 0 fully saturated rings. The number of benzene rings is 2. The predicted octanol–water partition coefficient (Wildman–Crippen LogP) is 2.86. The standard InChI is InChI=1S/C33H48O12/c1-23-14-24(19-31(15-23)45-44-13-7-4-10-30(39)22-36)25-16-26(32(40)42-11-5-2-8-28(37)20-34)18-27(17-25)33(41)43-12-6-3-9-29(38)21-35/h14-19,28-30,34-39H,2-13,20-22H2,1H3. The van der Waals surface area contributed by atoms with Gasteiger partial charge in [0.2, 0.25) is 0 Å². The molecule has 252 valence electrons. The highest BCUT2D eigenvalue weighted by atomic mass is 17.2. The van der Waals surface area contributed by atoms with Crippen LogP contribution in [0.1, 0.15) is 84.1 Å². The molecule has 2 aromatic carbocycles. The summed E-state index contributed by atoms with van der Waals surface area (Å²) in [6, 6.07) is 9.97. The minimum atomic E-state index is -0.815. The van der Waals surface area contributed by atoms with Crippen LogP contribution >= 0.6 is 0 Å². The van der Waals surface area contributed by atoms with Gasteiger partial charge in [-0.15, -0.1) is 0 Å². The Kier molecular flexibility index (Phi) is 18.3. The fourth-order valence-corrected chi connectivity index (χ4v) is 4.38. The van der Waals surface area contributed by atoms with Crippen molar-refractivity contribution in [2.75, 3.05) is 39.6 Å². The Morgan fingerprint density at radius 1 is 0.600 bits per heavy atom. The van der Waals surface area contributed by atoms with Gasteiger partial charge >= 0.3 is 11.9 Å². The Morgan fingerprint density at radius 2 is 1.04 bits per heavy atom. The first-order chi connectivity index (χ1) is 21.7. The Hall–Kier alpha value is -3.10. The Balaban J connectivity index is 2.16. The summed E-state index contributed by atoms with van der Waals surface area (Å²) < 4.78 is 10.8. The first-order valence-electron chi connectivity index (χ1n) is 15.4. The Morgan fingerprint density at radius 3 is 1.51 bits per heavy atom. The van der Waals surface area contributed by atoms with Crippen LogP contribution in [-0.4, -0.2) is 101 Å². The topological polar surface area (TPSA) is 192 Å². The second kappa shape index (κ2) is 21.6. The largest absolute Gasteiger partial charge is 0.462 e. The van der Waals surface area contributed by atoms with Crippen molar-refractivity contribution in [3.05, 3.63) is 53.1 Å². The third kappa shape index (κ3) is 15.2. The number of carbonyl (C=O) groups is 2. The predicted molar refractivity (Wildman–Crippen MR) is 165 cm³/mol. The van der Waals surface area contributed by atoms with E-state index >= 15 is 0 Å². The van der Waals surface area contributed by atoms with Gasteiger partial charge in [-0.3, -0.25) is 0 Å². The fraction of sp³-hybridized carbons (Fsp3) is 0.576. The number of rotatable bonds is 23. The lowest BCUT2D eigenvalue weighted by Crippen LogP contribution is -2.13. The normalized spacial score (nSPS) is 13.2. The number of esters is 2. The molecule has 0 saturated carbocycles. The van der Waals surface area contributed by atoms with Gasteiger partial charge in [0.05, 0.1) is 69.1 Å². The molecule has 2 rings (SSSR count). The van der Waals surface area contributed by atoms with Crippen molar-refractivity contribution < 1.29 is 59.5 Å². The minimum Gasteiger partial charge on any atom is -0.462 e. The van der Waals surface area contributed by atoms with Crippen LogP contribution < -0.4 is 4.89 Å². The maximum atomic E-state index is 13.0. The monoisotopic (exact) mass is 636 g/mol. The third-order valence-electron chi connectivity index (χ3n) is 6.92. The van der Waals surface area contributed by atoms with Crippen LogP contribution in [0.3, 0.4) is 0 Å². The average molecular weight is 637 g/mol. The Labute approximate surface area is 264 Å². The van der Waals surface area contributed by atoms with Crippen LogP contribution in [0.25, 0.3) is 11.1 Å². The van der Waals surface area contributed by atoms with Gasteiger partial charge in [0.25, 0.3) is 0 Å². The summed E-state index contributed by atoms with van der Waals surface area (Å²) in [6.07, 6.45) is 2.20. The van der Waals surface area contributed by atoms with E-state index in [0.717, 1.165) is 5.56 Å². The molecule has 12 heteroatoms. The maximum Gasteiger partial charge on any atom is 0.338 e. The van der Waals surface area contributed by atoms with Crippen LogP contribution in [0.5, 0.6) is 5.75 Å². The van der Waals surface area contributed by atoms with Crippen molar-refractivity contribution in [2.24, 2.45) is 0 Å². The van der Waals surface area contributed by atoms with Crippen LogP contribution in [0, 0.1) is 6.92 Å². The van der Waals surface area contributed by atoms with Gasteiger partial charge in [0, 0.05) is 0 Å². The molecule has 0 spiro atoms. The second-order valence-corrected chi connectivity index (χ2v) is 11.0. The van der Waals surface area contributed by atoms with Crippen molar-refractivity contribution in [3.8, 4) is 16.9 Å². The molecule has 2 aromatic rings. The first-order valence-corrected chi connectivity index (χ1v) is 15.4. The van der Waals surface area contributed by atoms with Crippen LogP contribution in [0.2, 0.25) is 0 Å². The van der Waals surface area contributed by atoms with Gasteiger partial charge in [-0.1, -0.05) is 6.07 Å². The highest BCUT2D eigenvalue weighted by Gasteiger charge is 2.17. The summed E-state index contributed by atoms with van der Waals surface area (Å²) >= 11 is 0. The quantitative estimate of drug-likeness (QED) is 0.0453. The molecule has 3 atom stereocenters. The number of unbranched alkanes of at least 4 members (excludes halogenated alkanes) is 3. The number of aliphatic hydroxyl groups excluding tert-OH is 6. The van der Waals surface area contributed by atoms with Crippen LogP contribution in [0.15, 0.2) is 36.4 Å². The molecule has 45 heavy (non-hydrogen) atoms. The highest BCUT2D eigenvalue weighted by molar-refractivity contribution is 5.97. The number of ether oxygens (including phenoxy) is 2. The lowest BCUT2D eigenvalue weighted by atomic mass is 9.98.